The van der Waals surface area contributed by atoms with Gasteiger partial charge >= 0.3 is 0 Å². The maximum Gasteiger partial charge on any atom is -0.0383 e. The molecule has 0 heterocycles. The fourth-order valence-electron chi connectivity index (χ4n) is 1.79. The van der Waals surface area contributed by atoms with Crippen LogP contribution in [0.2, 0.25) is 0 Å². The Bertz CT molecular complexity index is 118. The van der Waals surface area contributed by atoms with Crippen molar-refractivity contribution in [3.8, 4) is 0 Å². The van der Waals surface area contributed by atoms with E-state index in [2.05, 4.69) is 34.6 Å². The van der Waals surface area contributed by atoms with Gasteiger partial charge in [0.05, 0.1) is 0 Å². The van der Waals surface area contributed by atoms with Crippen molar-refractivity contribution in [1.29, 1.82) is 0 Å². The summed E-state index contributed by atoms with van der Waals surface area (Å²) in [7, 11) is 0. The first kappa shape index (κ1) is 14.0. The zero-order valence-electron chi connectivity index (χ0n) is 10.7. The molecule has 0 N–H and O–H groups in total. The molecule has 0 aliphatic rings. The molecule has 0 amide bonds. The van der Waals surface area contributed by atoms with Gasteiger partial charge in [-0.2, -0.15) is 0 Å². The lowest BCUT2D eigenvalue weighted by molar-refractivity contribution is 0.346. The van der Waals surface area contributed by atoms with Gasteiger partial charge in [-0.25, -0.2) is 0 Å². The molecule has 1 radical (unpaired) electrons. The lowest BCUT2D eigenvalue weighted by Gasteiger charge is -2.18. The van der Waals surface area contributed by atoms with Crippen LogP contribution in [0.1, 0.15) is 72.6 Å². The standard InChI is InChI=1S/C14H29/c1-6-7-10-13(2)11-8-9-12-14(3,4)5/h13H,1,6-12H2,2-5H3. The molecule has 0 rings (SSSR count). The summed E-state index contributed by atoms with van der Waals surface area (Å²) in [4.78, 5) is 0. The summed E-state index contributed by atoms with van der Waals surface area (Å²) in [5.74, 6) is 0.914. The molecule has 0 saturated carbocycles. The van der Waals surface area contributed by atoms with Crippen molar-refractivity contribution < 1.29 is 0 Å². The smallest absolute Gasteiger partial charge is 0.0383 e. The van der Waals surface area contributed by atoms with Crippen LogP contribution in [0, 0.1) is 18.3 Å². The molecule has 0 aromatic heterocycles. The van der Waals surface area contributed by atoms with Gasteiger partial charge in [0.1, 0.15) is 0 Å². The SMILES string of the molecule is [CH2]CCCC(C)CCCCC(C)(C)C. The van der Waals surface area contributed by atoms with E-state index in [9.17, 15) is 0 Å². The molecular weight excluding hydrogens is 168 g/mol. The van der Waals surface area contributed by atoms with Gasteiger partial charge in [0.15, 0.2) is 0 Å². The predicted octanol–water partition coefficient (Wildman–Crippen LogP) is 5.23. The molecule has 0 aliphatic heterocycles. The monoisotopic (exact) mass is 197 g/mol. The van der Waals surface area contributed by atoms with Crippen molar-refractivity contribution >= 4 is 0 Å². The maximum atomic E-state index is 3.89. The first-order chi connectivity index (χ1) is 6.45. The molecule has 1 atom stereocenters. The molecule has 14 heavy (non-hydrogen) atoms. The highest BCUT2D eigenvalue weighted by Crippen LogP contribution is 2.23. The van der Waals surface area contributed by atoms with Crippen molar-refractivity contribution in [2.45, 2.75) is 72.6 Å². The maximum absolute atomic E-state index is 3.89. The van der Waals surface area contributed by atoms with Crippen molar-refractivity contribution in [2.24, 2.45) is 11.3 Å². The Balaban J connectivity index is 3.27. The van der Waals surface area contributed by atoms with Crippen LogP contribution in [0.25, 0.3) is 0 Å². The van der Waals surface area contributed by atoms with E-state index < -0.39 is 0 Å². The van der Waals surface area contributed by atoms with Crippen LogP contribution in [0.4, 0.5) is 0 Å². The van der Waals surface area contributed by atoms with E-state index in [1.165, 1.54) is 38.5 Å². The number of rotatable bonds is 7. The number of unbranched alkanes of at least 4 members (excludes halogenated alkanes) is 2. The molecule has 0 nitrogen and oxygen atoms in total. The van der Waals surface area contributed by atoms with Crippen LogP contribution in [0.15, 0.2) is 0 Å². The second kappa shape index (κ2) is 7.31. The fourth-order valence-corrected chi connectivity index (χ4v) is 1.79. The Labute approximate surface area is 91.5 Å². The Morgan fingerprint density at radius 3 is 2.07 bits per heavy atom. The molecule has 0 aliphatic carbocycles. The lowest BCUT2D eigenvalue weighted by Crippen LogP contribution is -2.04. The molecule has 0 saturated heterocycles. The lowest BCUT2D eigenvalue weighted by atomic mass is 9.88. The Kier molecular flexibility index (Phi) is 7.31. The van der Waals surface area contributed by atoms with E-state index >= 15 is 0 Å². The van der Waals surface area contributed by atoms with Crippen molar-refractivity contribution in [3.63, 3.8) is 0 Å². The molecule has 0 bridgehead atoms. The van der Waals surface area contributed by atoms with Crippen LogP contribution in [-0.2, 0) is 0 Å². The largest absolute Gasteiger partial charge is 0.0625 e. The van der Waals surface area contributed by atoms with Gasteiger partial charge in [-0.15, -0.1) is 0 Å². The van der Waals surface area contributed by atoms with Gasteiger partial charge in [0.25, 0.3) is 0 Å². The first-order valence-corrected chi connectivity index (χ1v) is 6.25. The zero-order valence-corrected chi connectivity index (χ0v) is 10.7. The molecule has 0 heteroatoms. The minimum absolute atomic E-state index is 0.524. The summed E-state index contributed by atoms with van der Waals surface area (Å²) >= 11 is 0. The van der Waals surface area contributed by atoms with Crippen LogP contribution < -0.4 is 0 Å². The minimum atomic E-state index is 0.524. The summed E-state index contributed by atoms with van der Waals surface area (Å²) in [6, 6.07) is 0. The van der Waals surface area contributed by atoms with Crippen LogP contribution in [-0.4, -0.2) is 0 Å². The van der Waals surface area contributed by atoms with Gasteiger partial charge in [0.2, 0.25) is 0 Å². The second-order valence-electron chi connectivity index (χ2n) is 5.91. The highest BCUT2D eigenvalue weighted by atomic mass is 14.2. The Morgan fingerprint density at radius 2 is 1.57 bits per heavy atom. The quantitative estimate of drug-likeness (QED) is 0.490. The van der Waals surface area contributed by atoms with Gasteiger partial charge in [-0.3, -0.25) is 0 Å². The number of hydrogen-bond acceptors (Lipinski definition) is 0. The third-order valence-electron chi connectivity index (χ3n) is 2.82. The van der Waals surface area contributed by atoms with E-state index in [4.69, 9.17) is 0 Å². The van der Waals surface area contributed by atoms with E-state index in [0.717, 1.165) is 12.3 Å². The zero-order chi connectivity index (χ0) is 11.0. The summed E-state index contributed by atoms with van der Waals surface area (Å²) in [5, 5.41) is 0. The second-order valence-corrected chi connectivity index (χ2v) is 5.91. The van der Waals surface area contributed by atoms with Crippen LogP contribution in [0.3, 0.4) is 0 Å². The summed E-state index contributed by atoms with van der Waals surface area (Å²) in [6.45, 7) is 13.3. The third-order valence-corrected chi connectivity index (χ3v) is 2.82. The van der Waals surface area contributed by atoms with Gasteiger partial charge < -0.3 is 0 Å². The highest BCUT2D eigenvalue weighted by molar-refractivity contribution is 4.62. The molecule has 0 spiro atoms. The molecule has 0 aromatic rings. The number of hydrogen-bond donors (Lipinski definition) is 0. The van der Waals surface area contributed by atoms with Gasteiger partial charge in [-0.05, 0) is 17.8 Å². The third kappa shape index (κ3) is 10.1. The summed E-state index contributed by atoms with van der Waals surface area (Å²) < 4.78 is 0. The molecule has 1 unspecified atom stereocenters. The Hall–Kier alpha value is 0. The van der Waals surface area contributed by atoms with Crippen LogP contribution >= 0.6 is 0 Å². The molecular formula is C14H29. The normalized spacial score (nSPS) is 14.4. The van der Waals surface area contributed by atoms with E-state index in [1.54, 1.807) is 0 Å². The van der Waals surface area contributed by atoms with Gasteiger partial charge in [-0.1, -0.05) is 73.1 Å². The molecule has 85 valence electrons. The predicted molar refractivity (Wildman–Crippen MR) is 66.3 cm³/mol. The van der Waals surface area contributed by atoms with Gasteiger partial charge in [0, 0.05) is 0 Å². The topological polar surface area (TPSA) is 0 Å². The van der Waals surface area contributed by atoms with E-state index in [-0.39, 0.29) is 0 Å². The fraction of sp³-hybridized carbons (Fsp3) is 0.929. The van der Waals surface area contributed by atoms with Crippen molar-refractivity contribution in [1.82, 2.24) is 0 Å². The summed E-state index contributed by atoms with van der Waals surface area (Å²) in [5.41, 5.74) is 0.524. The van der Waals surface area contributed by atoms with E-state index in [0.29, 0.717) is 5.41 Å². The molecule has 0 aromatic carbocycles. The van der Waals surface area contributed by atoms with Crippen molar-refractivity contribution in [3.05, 3.63) is 6.92 Å². The summed E-state index contributed by atoms with van der Waals surface area (Å²) in [6.07, 6.45) is 9.38. The average Bonchev–Trinajstić information content (AvgIpc) is 2.07. The Morgan fingerprint density at radius 1 is 1.00 bits per heavy atom. The van der Waals surface area contributed by atoms with Crippen molar-refractivity contribution in [2.75, 3.05) is 0 Å². The average molecular weight is 197 g/mol. The van der Waals surface area contributed by atoms with E-state index in [1.807, 2.05) is 0 Å². The van der Waals surface area contributed by atoms with Crippen LogP contribution in [0.5, 0.6) is 0 Å². The highest BCUT2D eigenvalue weighted by Gasteiger charge is 2.09. The first-order valence-electron chi connectivity index (χ1n) is 6.25. The molecule has 0 fully saturated rings. The minimum Gasteiger partial charge on any atom is -0.0625 e.